The highest BCUT2D eigenvalue weighted by Crippen LogP contribution is 2.41. The molecule has 2 aromatic carbocycles. The Hall–Kier alpha value is -4.34. The molecular formula is C27H25N3O7. The maximum atomic E-state index is 13.1. The van der Waals surface area contributed by atoms with Crippen LogP contribution in [0.25, 0.3) is 0 Å². The Morgan fingerprint density at radius 3 is 2.46 bits per heavy atom. The third-order valence-corrected chi connectivity index (χ3v) is 7.33. The Morgan fingerprint density at radius 1 is 1.08 bits per heavy atom. The molecule has 5 rings (SSSR count). The quantitative estimate of drug-likeness (QED) is 0.152. The van der Waals surface area contributed by atoms with Crippen LogP contribution in [0.15, 0.2) is 54.6 Å². The van der Waals surface area contributed by atoms with Crippen LogP contribution in [0.5, 0.6) is 5.75 Å². The number of fused-ring (bicyclic) bond motifs is 1. The third kappa shape index (κ3) is 4.28. The third-order valence-electron chi connectivity index (χ3n) is 7.33. The number of benzene rings is 2. The highest BCUT2D eigenvalue weighted by Gasteiger charge is 2.50. The number of allylic oxidation sites excluding steroid dienone is 2. The van der Waals surface area contributed by atoms with Crippen LogP contribution >= 0.6 is 0 Å². The Morgan fingerprint density at radius 2 is 1.81 bits per heavy atom. The van der Waals surface area contributed by atoms with Crippen molar-refractivity contribution in [2.75, 3.05) is 16.3 Å². The molecule has 10 heteroatoms. The standard InChI is InChI=1S/C27H25N3O7/c1-15-4-3-5-21-24(15)26(33)29(25(21)32)22-11-10-20(12-16(22)2)37-27(34)17-13-23(31)28(14-17)18-6-8-19(9-7-18)30(35)36/h3-4,6-12,15,17,21,24H,5,13-14H2,1-2H3/t15-,17-,21-,24+/m1/s1. The zero-order chi connectivity index (χ0) is 26.4. The number of non-ortho nitro benzene ring substituents is 1. The minimum absolute atomic E-state index is 0.0135. The van der Waals surface area contributed by atoms with E-state index in [9.17, 15) is 29.3 Å². The largest absolute Gasteiger partial charge is 0.426 e. The molecule has 3 amide bonds. The Kier molecular flexibility index (Phi) is 6.10. The summed E-state index contributed by atoms with van der Waals surface area (Å²) < 4.78 is 5.54. The van der Waals surface area contributed by atoms with Gasteiger partial charge in [-0.2, -0.15) is 0 Å². The molecule has 0 unspecified atom stereocenters. The first kappa shape index (κ1) is 24.4. The molecule has 0 bridgehead atoms. The van der Waals surface area contributed by atoms with Crippen molar-refractivity contribution in [3.05, 3.63) is 70.3 Å². The number of nitrogens with zero attached hydrogens (tertiary/aromatic N) is 3. The molecule has 2 aliphatic heterocycles. The summed E-state index contributed by atoms with van der Waals surface area (Å²) in [5.74, 6) is -2.48. The number of ether oxygens (including phenoxy) is 1. The van der Waals surface area contributed by atoms with Crippen molar-refractivity contribution in [3.8, 4) is 5.75 Å². The molecule has 10 nitrogen and oxygen atoms in total. The van der Waals surface area contributed by atoms with E-state index >= 15 is 0 Å². The summed E-state index contributed by atoms with van der Waals surface area (Å²) in [6.07, 6.45) is 4.43. The van der Waals surface area contributed by atoms with E-state index in [1.54, 1.807) is 19.1 Å². The fourth-order valence-corrected chi connectivity index (χ4v) is 5.40. The molecule has 4 atom stereocenters. The normalized spacial score (nSPS) is 25.0. The molecule has 3 aliphatic rings. The molecule has 190 valence electrons. The molecule has 2 saturated heterocycles. The summed E-state index contributed by atoms with van der Waals surface area (Å²) in [6.45, 7) is 3.78. The maximum absolute atomic E-state index is 13.1. The number of nitro benzene ring substituents is 1. The van der Waals surface area contributed by atoms with Crippen LogP contribution in [-0.4, -0.2) is 35.2 Å². The van der Waals surface area contributed by atoms with Crippen molar-refractivity contribution in [2.24, 2.45) is 23.7 Å². The van der Waals surface area contributed by atoms with Gasteiger partial charge in [-0.15, -0.1) is 0 Å². The lowest BCUT2D eigenvalue weighted by Crippen LogP contribution is -2.32. The van der Waals surface area contributed by atoms with Crippen molar-refractivity contribution in [1.82, 2.24) is 0 Å². The van der Waals surface area contributed by atoms with Crippen molar-refractivity contribution < 1.29 is 28.8 Å². The van der Waals surface area contributed by atoms with Crippen molar-refractivity contribution in [2.45, 2.75) is 26.7 Å². The number of carbonyl (C=O) groups excluding carboxylic acids is 4. The lowest BCUT2D eigenvalue weighted by atomic mass is 9.78. The molecule has 0 radical (unpaired) electrons. The fourth-order valence-electron chi connectivity index (χ4n) is 5.40. The average molecular weight is 504 g/mol. The summed E-state index contributed by atoms with van der Waals surface area (Å²) >= 11 is 0. The molecule has 0 aromatic heterocycles. The van der Waals surface area contributed by atoms with Gasteiger partial charge in [-0.25, -0.2) is 4.90 Å². The minimum atomic E-state index is -0.707. The molecule has 2 aromatic rings. The van der Waals surface area contributed by atoms with Crippen molar-refractivity contribution in [1.29, 1.82) is 0 Å². The second-order valence-electron chi connectivity index (χ2n) is 9.72. The van der Waals surface area contributed by atoms with Crippen LogP contribution in [0.1, 0.15) is 25.3 Å². The van der Waals surface area contributed by atoms with Crippen molar-refractivity contribution in [3.63, 3.8) is 0 Å². The average Bonchev–Trinajstić information content (AvgIpc) is 3.37. The second-order valence-corrected chi connectivity index (χ2v) is 9.72. The van der Waals surface area contributed by atoms with Gasteiger partial charge in [0.25, 0.3) is 5.69 Å². The molecule has 0 N–H and O–H groups in total. The number of imide groups is 1. The van der Waals surface area contributed by atoms with Gasteiger partial charge in [0.2, 0.25) is 17.7 Å². The number of nitro groups is 1. The first-order valence-corrected chi connectivity index (χ1v) is 12.1. The van der Waals surface area contributed by atoms with E-state index in [0.29, 0.717) is 23.4 Å². The van der Waals surface area contributed by atoms with E-state index in [2.05, 4.69) is 0 Å². The molecule has 2 heterocycles. The van der Waals surface area contributed by atoms with E-state index < -0.39 is 16.8 Å². The fraction of sp³-hybridized carbons (Fsp3) is 0.333. The van der Waals surface area contributed by atoms with Gasteiger partial charge in [0.15, 0.2) is 0 Å². The lowest BCUT2D eigenvalue weighted by molar-refractivity contribution is -0.384. The molecule has 2 fully saturated rings. The van der Waals surface area contributed by atoms with Crippen molar-refractivity contribution >= 4 is 40.8 Å². The van der Waals surface area contributed by atoms with Crippen LogP contribution in [0.3, 0.4) is 0 Å². The number of esters is 1. The first-order valence-electron chi connectivity index (χ1n) is 12.1. The predicted octanol–water partition coefficient (Wildman–Crippen LogP) is 3.56. The molecule has 0 saturated carbocycles. The number of aryl methyl sites for hydroxylation is 1. The van der Waals surface area contributed by atoms with Gasteiger partial charge in [-0.05, 0) is 55.2 Å². The van der Waals surface area contributed by atoms with Gasteiger partial charge >= 0.3 is 5.97 Å². The Labute approximate surface area is 212 Å². The van der Waals surface area contributed by atoms with Crippen LogP contribution < -0.4 is 14.5 Å². The SMILES string of the molecule is Cc1cc(OC(=O)[C@@H]2CC(=O)N(c3ccc([N+](=O)[O-])cc3)C2)ccc1N1C(=O)[C@H]2[C@H](C)C=CC[C@H]2C1=O. The predicted molar refractivity (Wildman–Crippen MR) is 133 cm³/mol. The zero-order valence-electron chi connectivity index (χ0n) is 20.3. The van der Waals surface area contributed by atoms with E-state index in [-0.39, 0.29) is 59.9 Å². The van der Waals surface area contributed by atoms with Crippen LogP contribution in [0, 0.1) is 40.7 Å². The van der Waals surface area contributed by atoms with Gasteiger partial charge in [0.1, 0.15) is 5.75 Å². The van der Waals surface area contributed by atoms with Gasteiger partial charge in [0, 0.05) is 30.8 Å². The summed E-state index contributed by atoms with van der Waals surface area (Å²) in [7, 11) is 0. The summed E-state index contributed by atoms with van der Waals surface area (Å²) in [4.78, 5) is 64.5. The highest BCUT2D eigenvalue weighted by atomic mass is 16.6. The molecular weight excluding hydrogens is 478 g/mol. The summed E-state index contributed by atoms with van der Waals surface area (Å²) in [5, 5.41) is 10.9. The zero-order valence-corrected chi connectivity index (χ0v) is 20.3. The maximum Gasteiger partial charge on any atom is 0.316 e. The minimum Gasteiger partial charge on any atom is -0.426 e. The van der Waals surface area contributed by atoms with Crippen LogP contribution in [0.4, 0.5) is 17.1 Å². The number of hydrogen-bond acceptors (Lipinski definition) is 7. The number of anilines is 2. The van der Waals surface area contributed by atoms with Crippen LogP contribution in [-0.2, 0) is 19.2 Å². The van der Waals surface area contributed by atoms with Gasteiger partial charge in [-0.1, -0.05) is 19.1 Å². The smallest absolute Gasteiger partial charge is 0.316 e. The summed E-state index contributed by atoms with van der Waals surface area (Å²) in [5.41, 5.74) is 1.46. The Bertz CT molecular complexity index is 1350. The number of rotatable bonds is 5. The number of amides is 3. The van der Waals surface area contributed by atoms with Gasteiger partial charge in [0.05, 0.1) is 28.4 Å². The van der Waals surface area contributed by atoms with Crippen LogP contribution in [0.2, 0.25) is 0 Å². The Balaban J connectivity index is 1.27. The number of hydrogen-bond donors (Lipinski definition) is 0. The molecule has 0 spiro atoms. The second kappa shape index (κ2) is 9.27. The molecule has 37 heavy (non-hydrogen) atoms. The van der Waals surface area contributed by atoms with E-state index in [0.717, 1.165) is 0 Å². The number of carbonyl (C=O) groups is 4. The van der Waals surface area contributed by atoms with Gasteiger partial charge in [-0.3, -0.25) is 29.3 Å². The van der Waals surface area contributed by atoms with Gasteiger partial charge < -0.3 is 9.64 Å². The van der Waals surface area contributed by atoms with E-state index in [1.165, 1.54) is 40.1 Å². The molecule has 1 aliphatic carbocycles. The monoisotopic (exact) mass is 503 g/mol. The first-order chi connectivity index (χ1) is 17.7. The topological polar surface area (TPSA) is 127 Å². The van der Waals surface area contributed by atoms with E-state index in [4.69, 9.17) is 4.74 Å². The van der Waals surface area contributed by atoms with E-state index in [1.807, 2.05) is 19.1 Å². The summed E-state index contributed by atoms with van der Waals surface area (Å²) in [6, 6.07) is 10.3. The lowest BCUT2D eigenvalue weighted by Gasteiger charge is -2.22. The highest BCUT2D eigenvalue weighted by molar-refractivity contribution is 6.22.